The van der Waals surface area contributed by atoms with E-state index in [2.05, 4.69) is 0 Å². The Morgan fingerprint density at radius 3 is 2.40 bits per heavy atom. The minimum atomic E-state index is -4.32. The van der Waals surface area contributed by atoms with Gasteiger partial charge in [-0.1, -0.05) is 0 Å². The molecule has 0 aromatic rings. The number of carbonyl (C=O) groups excluding carboxylic acids is 1. The number of primary amides is 1. The summed E-state index contributed by atoms with van der Waals surface area (Å²) in [7, 11) is 1.26. The molecular weight excluding hydrogens is 211 g/mol. The van der Waals surface area contributed by atoms with Gasteiger partial charge in [-0.25, -0.2) is 0 Å². The number of hydrogen-bond acceptors (Lipinski definition) is 2. The van der Waals surface area contributed by atoms with Crippen LogP contribution in [0.2, 0.25) is 0 Å². The smallest absolute Gasteiger partial charge is 0.381 e. The average molecular weight is 225 g/mol. The molecule has 3 nitrogen and oxygen atoms in total. The second kappa shape index (κ2) is 4.38. The van der Waals surface area contributed by atoms with Gasteiger partial charge >= 0.3 is 6.18 Å². The number of nitrogens with two attached hydrogens (primary N) is 1. The van der Waals surface area contributed by atoms with Crippen molar-refractivity contribution in [2.24, 2.45) is 17.6 Å². The van der Waals surface area contributed by atoms with Gasteiger partial charge in [0, 0.05) is 13.0 Å². The molecule has 3 atom stereocenters. The maximum Gasteiger partial charge on any atom is 0.394 e. The van der Waals surface area contributed by atoms with Crippen molar-refractivity contribution < 1.29 is 22.7 Å². The first-order valence-electron chi connectivity index (χ1n) is 4.75. The summed E-state index contributed by atoms with van der Waals surface area (Å²) in [5, 5.41) is 0. The van der Waals surface area contributed by atoms with Gasteiger partial charge in [-0.15, -0.1) is 0 Å². The molecule has 6 heteroatoms. The number of ether oxygens (including phenoxy) is 1. The number of amides is 1. The summed E-state index contributed by atoms with van der Waals surface area (Å²) >= 11 is 0. The number of rotatable bonds is 2. The van der Waals surface area contributed by atoms with Gasteiger partial charge < -0.3 is 10.5 Å². The van der Waals surface area contributed by atoms with Crippen LogP contribution in [-0.4, -0.2) is 25.3 Å². The molecule has 88 valence electrons. The number of carbonyl (C=O) groups is 1. The Balaban J connectivity index is 2.74. The van der Waals surface area contributed by atoms with E-state index in [1.54, 1.807) is 0 Å². The molecule has 0 aromatic heterocycles. The molecule has 1 rings (SSSR count). The number of hydrogen-bond donors (Lipinski definition) is 1. The molecule has 0 aromatic carbocycles. The van der Waals surface area contributed by atoms with Gasteiger partial charge in [0.15, 0.2) is 0 Å². The van der Waals surface area contributed by atoms with Crippen molar-refractivity contribution >= 4 is 5.91 Å². The molecule has 0 saturated heterocycles. The lowest BCUT2D eigenvalue weighted by Gasteiger charge is -2.35. The van der Waals surface area contributed by atoms with Crippen molar-refractivity contribution in [2.45, 2.75) is 31.5 Å². The van der Waals surface area contributed by atoms with Crippen LogP contribution in [0.25, 0.3) is 0 Å². The topological polar surface area (TPSA) is 52.3 Å². The Morgan fingerprint density at radius 1 is 1.40 bits per heavy atom. The van der Waals surface area contributed by atoms with E-state index in [9.17, 15) is 18.0 Å². The molecular formula is C9H14F3NO2. The summed E-state index contributed by atoms with van der Waals surface area (Å²) < 4.78 is 42.5. The zero-order chi connectivity index (χ0) is 11.6. The summed E-state index contributed by atoms with van der Waals surface area (Å²) in [4.78, 5) is 10.8. The first-order chi connectivity index (χ1) is 6.86. The normalized spacial score (nSPS) is 32.7. The fourth-order valence-electron chi connectivity index (χ4n) is 2.03. The molecule has 0 radical (unpaired) electrons. The molecule has 0 spiro atoms. The number of alkyl halides is 3. The van der Waals surface area contributed by atoms with Crippen LogP contribution in [0.1, 0.15) is 19.3 Å². The van der Waals surface area contributed by atoms with Crippen molar-refractivity contribution in [3.8, 4) is 0 Å². The quantitative estimate of drug-likeness (QED) is 0.773. The Labute approximate surface area is 85.8 Å². The molecule has 1 saturated carbocycles. The van der Waals surface area contributed by atoms with E-state index in [1.165, 1.54) is 7.11 Å². The molecule has 3 unspecified atom stereocenters. The average Bonchev–Trinajstić information content (AvgIpc) is 2.15. The van der Waals surface area contributed by atoms with Crippen molar-refractivity contribution in [1.29, 1.82) is 0 Å². The first kappa shape index (κ1) is 12.3. The number of halogens is 3. The molecule has 1 fully saturated rings. The van der Waals surface area contributed by atoms with Crippen LogP contribution < -0.4 is 5.73 Å². The van der Waals surface area contributed by atoms with E-state index in [1.807, 2.05) is 0 Å². The van der Waals surface area contributed by atoms with Crippen LogP contribution in [0.4, 0.5) is 13.2 Å². The minimum absolute atomic E-state index is 0.230. The van der Waals surface area contributed by atoms with E-state index >= 15 is 0 Å². The van der Waals surface area contributed by atoms with E-state index in [4.69, 9.17) is 10.5 Å². The summed E-state index contributed by atoms with van der Waals surface area (Å²) in [5.74, 6) is -2.91. The van der Waals surface area contributed by atoms with Gasteiger partial charge in [0.05, 0.1) is 12.0 Å². The highest BCUT2D eigenvalue weighted by Crippen LogP contribution is 2.41. The Morgan fingerprint density at radius 2 is 2.00 bits per heavy atom. The lowest BCUT2D eigenvalue weighted by molar-refractivity contribution is -0.216. The largest absolute Gasteiger partial charge is 0.394 e. The molecule has 1 aliphatic rings. The van der Waals surface area contributed by atoms with Gasteiger partial charge in [0.2, 0.25) is 5.91 Å². The summed E-state index contributed by atoms with van der Waals surface area (Å²) in [6, 6.07) is 0. The maximum atomic E-state index is 12.6. The van der Waals surface area contributed by atoms with Crippen LogP contribution in [0.15, 0.2) is 0 Å². The van der Waals surface area contributed by atoms with Crippen LogP contribution in [0.5, 0.6) is 0 Å². The predicted octanol–water partition coefficient (Wildman–Crippen LogP) is 1.47. The molecule has 2 N–H and O–H groups in total. The molecule has 1 amide bonds. The standard InChI is InChI=1S/C9H14F3NO2/c1-15-7-3-2-5(8(13)14)4-6(7)9(10,11)12/h5-7H,2-4H2,1H3,(H2,13,14). The third-order valence-corrected chi connectivity index (χ3v) is 2.91. The lowest BCUT2D eigenvalue weighted by atomic mass is 9.78. The highest BCUT2D eigenvalue weighted by molar-refractivity contribution is 5.76. The minimum Gasteiger partial charge on any atom is -0.381 e. The fraction of sp³-hybridized carbons (Fsp3) is 0.889. The summed E-state index contributed by atoms with van der Waals surface area (Å²) in [5.41, 5.74) is 5.01. The highest BCUT2D eigenvalue weighted by atomic mass is 19.4. The summed E-state index contributed by atoms with van der Waals surface area (Å²) in [6.07, 6.45) is -4.82. The molecule has 0 bridgehead atoms. The van der Waals surface area contributed by atoms with Gasteiger partial charge in [-0.2, -0.15) is 13.2 Å². The zero-order valence-electron chi connectivity index (χ0n) is 8.38. The van der Waals surface area contributed by atoms with E-state index in [0.29, 0.717) is 6.42 Å². The Bertz CT molecular complexity index is 242. The van der Waals surface area contributed by atoms with Gasteiger partial charge in [-0.05, 0) is 19.3 Å². The third-order valence-electron chi connectivity index (χ3n) is 2.91. The van der Waals surface area contributed by atoms with E-state index in [0.717, 1.165) is 0 Å². The highest BCUT2D eigenvalue weighted by Gasteiger charge is 2.48. The second-order valence-corrected chi connectivity index (χ2v) is 3.83. The van der Waals surface area contributed by atoms with Gasteiger partial charge in [-0.3, -0.25) is 4.79 Å². The van der Waals surface area contributed by atoms with Crippen molar-refractivity contribution in [3.05, 3.63) is 0 Å². The second-order valence-electron chi connectivity index (χ2n) is 3.83. The molecule has 1 aliphatic carbocycles. The maximum absolute atomic E-state index is 12.6. The molecule has 0 aliphatic heterocycles. The van der Waals surface area contributed by atoms with Crippen molar-refractivity contribution in [3.63, 3.8) is 0 Å². The van der Waals surface area contributed by atoms with Crippen molar-refractivity contribution in [1.82, 2.24) is 0 Å². The van der Waals surface area contributed by atoms with Gasteiger partial charge in [0.1, 0.15) is 0 Å². The Kier molecular flexibility index (Phi) is 3.59. The SMILES string of the molecule is COC1CCC(C(N)=O)CC1C(F)(F)F. The lowest BCUT2D eigenvalue weighted by Crippen LogP contribution is -2.43. The summed E-state index contributed by atoms with van der Waals surface area (Å²) in [6.45, 7) is 0. The molecule has 0 heterocycles. The Hall–Kier alpha value is -0.780. The van der Waals surface area contributed by atoms with Crippen LogP contribution in [-0.2, 0) is 9.53 Å². The van der Waals surface area contributed by atoms with Crippen LogP contribution in [0.3, 0.4) is 0 Å². The first-order valence-corrected chi connectivity index (χ1v) is 4.75. The van der Waals surface area contributed by atoms with E-state index < -0.39 is 30.0 Å². The fourth-order valence-corrected chi connectivity index (χ4v) is 2.03. The molecule has 15 heavy (non-hydrogen) atoms. The predicted molar refractivity (Wildman–Crippen MR) is 46.9 cm³/mol. The third kappa shape index (κ3) is 2.84. The van der Waals surface area contributed by atoms with Crippen molar-refractivity contribution in [2.75, 3.05) is 7.11 Å². The van der Waals surface area contributed by atoms with Crippen LogP contribution in [0, 0.1) is 11.8 Å². The van der Waals surface area contributed by atoms with E-state index in [-0.39, 0.29) is 12.8 Å². The zero-order valence-corrected chi connectivity index (χ0v) is 8.38. The van der Waals surface area contributed by atoms with Crippen LogP contribution >= 0.6 is 0 Å². The van der Waals surface area contributed by atoms with Gasteiger partial charge in [0.25, 0.3) is 0 Å². The number of methoxy groups -OCH3 is 1. The monoisotopic (exact) mass is 225 g/mol.